The van der Waals surface area contributed by atoms with Crippen LogP contribution in [0, 0.1) is 13.8 Å². The molecule has 1 aliphatic rings. The number of nitrogens with zero attached hydrogens (tertiary/aromatic N) is 1. The number of hydrogen-bond donors (Lipinski definition) is 0. The predicted octanol–water partition coefficient (Wildman–Crippen LogP) is 3.39. The molecule has 0 bridgehead atoms. The Bertz CT molecular complexity index is 444. The van der Waals surface area contributed by atoms with E-state index in [0.29, 0.717) is 13.0 Å². The fourth-order valence-electron chi connectivity index (χ4n) is 3.20. The van der Waals surface area contributed by atoms with Crippen molar-refractivity contribution in [1.29, 1.82) is 0 Å². The van der Waals surface area contributed by atoms with E-state index < -0.39 is 0 Å². The summed E-state index contributed by atoms with van der Waals surface area (Å²) in [6, 6.07) is 6.52. The zero-order chi connectivity index (χ0) is 14.5. The van der Waals surface area contributed by atoms with Crippen LogP contribution in [-0.4, -0.2) is 30.6 Å². The van der Waals surface area contributed by atoms with Gasteiger partial charge >= 0.3 is 5.97 Å². The summed E-state index contributed by atoms with van der Waals surface area (Å²) in [4.78, 5) is 14.4. The smallest absolute Gasteiger partial charge is 0.307 e. The van der Waals surface area contributed by atoms with E-state index in [1.165, 1.54) is 29.5 Å². The Labute approximate surface area is 121 Å². The zero-order valence-corrected chi connectivity index (χ0v) is 12.8. The Morgan fingerprint density at radius 2 is 1.85 bits per heavy atom. The zero-order valence-electron chi connectivity index (χ0n) is 12.8. The molecule has 20 heavy (non-hydrogen) atoms. The van der Waals surface area contributed by atoms with Crippen molar-refractivity contribution in [2.45, 2.75) is 46.1 Å². The maximum atomic E-state index is 12.0. The van der Waals surface area contributed by atoms with Crippen LogP contribution in [0.3, 0.4) is 0 Å². The molecule has 0 radical (unpaired) electrons. The molecule has 0 aromatic heterocycles. The highest BCUT2D eigenvalue weighted by molar-refractivity contribution is 5.70. The number of aryl methyl sites for hydroxylation is 2. The second-order valence-corrected chi connectivity index (χ2v) is 5.57. The molecule has 3 heteroatoms. The van der Waals surface area contributed by atoms with Crippen molar-refractivity contribution in [2.24, 2.45) is 0 Å². The van der Waals surface area contributed by atoms with Crippen molar-refractivity contribution in [3.05, 3.63) is 34.9 Å². The third-order valence-electron chi connectivity index (χ3n) is 4.12. The molecule has 1 unspecified atom stereocenters. The van der Waals surface area contributed by atoms with Gasteiger partial charge in [0, 0.05) is 6.04 Å². The molecule has 1 aromatic carbocycles. The summed E-state index contributed by atoms with van der Waals surface area (Å²) in [5, 5.41) is 0. The van der Waals surface area contributed by atoms with E-state index in [2.05, 4.69) is 36.9 Å². The normalized spacial score (nSPS) is 17.1. The second-order valence-electron chi connectivity index (χ2n) is 5.57. The first-order valence-electron chi connectivity index (χ1n) is 7.59. The highest BCUT2D eigenvalue weighted by Gasteiger charge is 2.28. The topological polar surface area (TPSA) is 29.5 Å². The summed E-state index contributed by atoms with van der Waals surface area (Å²) in [7, 11) is 0. The van der Waals surface area contributed by atoms with Gasteiger partial charge in [0.25, 0.3) is 0 Å². The molecular weight excluding hydrogens is 250 g/mol. The minimum atomic E-state index is -0.0907. The third-order valence-corrected chi connectivity index (χ3v) is 4.12. The minimum absolute atomic E-state index is 0.0907. The van der Waals surface area contributed by atoms with Crippen LogP contribution in [0.25, 0.3) is 0 Å². The fraction of sp³-hybridized carbons (Fsp3) is 0.588. The van der Waals surface area contributed by atoms with Crippen LogP contribution in [-0.2, 0) is 9.53 Å². The molecule has 2 rings (SSSR count). The van der Waals surface area contributed by atoms with Crippen LogP contribution in [0.4, 0.5) is 0 Å². The SMILES string of the molecule is CCOC(=O)CC(c1c(C)cccc1C)N1CCCC1. The number of carbonyl (C=O) groups is 1. The van der Waals surface area contributed by atoms with Gasteiger partial charge in [-0.15, -0.1) is 0 Å². The van der Waals surface area contributed by atoms with Crippen LogP contribution < -0.4 is 0 Å². The molecular formula is C17H25NO2. The molecule has 1 saturated heterocycles. The van der Waals surface area contributed by atoms with Crippen molar-refractivity contribution in [3.8, 4) is 0 Å². The number of esters is 1. The maximum Gasteiger partial charge on any atom is 0.307 e. The van der Waals surface area contributed by atoms with E-state index in [9.17, 15) is 4.79 Å². The van der Waals surface area contributed by atoms with E-state index in [4.69, 9.17) is 4.74 Å². The lowest BCUT2D eigenvalue weighted by Crippen LogP contribution is -2.29. The Balaban J connectivity index is 2.27. The molecule has 0 N–H and O–H groups in total. The first kappa shape index (κ1) is 15.0. The summed E-state index contributed by atoms with van der Waals surface area (Å²) in [6.45, 7) is 8.75. The number of likely N-dealkylation sites (tertiary alicyclic amines) is 1. The van der Waals surface area contributed by atoms with Gasteiger partial charge < -0.3 is 4.74 Å². The van der Waals surface area contributed by atoms with Crippen LogP contribution >= 0.6 is 0 Å². The lowest BCUT2D eigenvalue weighted by molar-refractivity contribution is -0.144. The Morgan fingerprint density at radius 3 is 2.40 bits per heavy atom. The lowest BCUT2D eigenvalue weighted by atomic mass is 9.93. The molecule has 1 atom stereocenters. The van der Waals surface area contributed by atoms with E-state index in [-0.39, 0.29) is 12.0 Å². The monoisotopic (exact) mass is 275 g/mol. The molecule has 1 aromatic rings. The molecule has 0 amide bonds. The van der Waals surface area contributed by atoms with Crippen LogP contribution in [0.5, 0.6) is 0 Å². The van der Waals surface area contributed by atoms with Crippen molar-refractivity contribution < 1.29 is 9.53 Å². The van der Waals surface area contributed by atoms with Crippen LogP contribution in [0.1, 0.15) is 48.9 Å². The number of benzene rings is 1. The molecule has 0 aliphatic carbocycles. The lowest BCUT2D eigenvalue weighted by Gasteiger charge is -2.29. The van der Waals surface area contributed by atoms with Gasteiger partial charge in [0.05, 0.1) is 13.0 Å². The maximum absolute atomic E-state index is 12.0. The molecule has 110 valence electrons. The average Bonchev–Trinajstić information content (AvgIpc) is 2.91. The fourth-order valence-corrected chi connectivity index (χ4v) is 3.20. The summed E-state index contributed by atoms with van der Waals surface area (Å²) >= 11 is 0. The molecule has 0 spiro atoms. The molecule has 3 nitrogen and oxygen atoms in total. The second kappa shape index (κ2) is 6.89. The van der Waals surface area contributed by atoms with Crippen LogP contribution in [0.2, 0.25) is 0 Å². The third kappa shape index (κ3) is 3.40. The minimum Gasteiger partial charge on any atom is -0.466 e. The Kier molecular flexibility index (Phi) is 5.18. The predicted molar refractivity (Wildman–Crippen MR) is 80.7 cm³/mol. The van der Waals surface area contributed by atoms with Gasteiger partial charge in [-0.1, -0.05) is 18.2 Å². The highest BCUT2D eigenvalue weighted by atomic mass is 16.5. The van der Waals surface area contributed by atoms with Gasteiger partial charge in [0.2, 0.25) is 0 Å². The van der Waals surface area contributed by atoms with Gasteiger partial charge in [-0.05, 0) is 63.4 Å². The molecule has 1 aliphatic heterocycles. The Morgan fingerprint density at radius 1 is 1.25 bits per heavy atom. The summed E-state index contributed by atoms with van der Waals surface area (Å²) < 4.78 is 5.17. The summed E-state index contributed by atoms with van der Waals surface area (Å²) in [5.74, 6) is -0.0907. The molecule has 1 heterocycles. The van der Waals surface area contributed by atoms with Crippen molar-refractivity contribution in [3.63, 3.8) is 0 Å². The molecule has 0 saturated carbocycles. The highest BCUT2D eigenvalue weighted by Crippen LogP contribution is 2.32. The quantitative estimate of drug-likeness (QED) is 0.771. The van der Waals surface area contributed by atoms with Gasteiger partial charge in [-0.25, -0.2) is 0 Å². The number of hydrogen-bond acceptors (Lipinski definition) is 3. The van der Waals surface area contributed by atoms with Gasteiger partial charge in [-0.2, -0.15) is 0 Å². The van der Waals surface area contributed by atoms with Gasteiger partial charge in [0.1, 0.15) is 0 Å². The summed E-state index contributed by atoms with van der Waals surface area (Å²) in [6.07, 6.45) is 2.91. The van der Waals surface area contributed by atoms with E-state index in [1.54, 1.807) is 0 Å². The molecule has 1 fully saturated rings. The first-order valence-corrected chi connectivity index (χ1v) is 7.59. The van der Waals surface area contributed by atoms with Gasteiger partial charge in [0.15, 0.2) is 0 Å². The number of ether oxygens (including phenoxy) is 1. The summed E-state index contributed by atoms with van der Waals surface area (Å²) in [5.41, 5.74) is 3.85. The standard InChI is InChI=1S/C17H25NO2/c1-4-20-16(19)12-15(18-10-5-6-11-18)17-13(2)8-7-9-14(17)3/h7-9,15H,4-6,10-12H2,1-3H3. The number of rotatable bonds is 5. The van der Waals surface area contributed by atoms with Crippen molar-refractivity contribution in [1.82, 2.24) is 4.90 Å². The van der Waals surface area contributed by atoms with E-state index in [1.807, 2.05) is 6.92 Å². The Hall–Kier alpha value is -1.35. The van der Waals surface area contributed by atoms with Gasteiger partial charge in [-0.3, -0.25) is 9.69 Å². The number of carbonyl (C=O) groups excluding carboxylic acids is 1. The van der Waals surface area contributed by atoms with E-state index >= 15 is 0 Å². The average molecular weight is 275 g/mol. The van der Waals surface area contributed by atoms with Crippen molar-refractivity contribution >= 4 is 5.97 Å². The van der Waals surface area contributed by atoms with Crippen molar-refractivity contribution in [2.75, 3.05) is 19.7 Å². The largest absolute Gasteiger partial charge is 0.466 e. The van der Waals surface area contributed by atoms with Crippen LogP contribution in [0.15, 0.2) is 18.2 Å². The van der Waals surface area contributed by atoms with E-state index in [0.717, 1.165) is 13.1 Å². The first-order chi connectivity index (χ1) is 9.63.